The van der Waals surface area contributed by atoms with Crippen LogP contribution in [0.1, 0.15) is 47.7 Å². The number of nitrogens with zero attached hydrogens (tertiary/aromatic N) is 1. The van der Waals surface area contributed by atoms with Gasteiger partial charge in [0.15, 0.2) is 0 Å². The summed E-state index contributed by atoms with van der Waals surface area (Å²) < 4.78 is 38.7. The summed E-state index contributed by atoms with van der Waals surface area (Å²) in [4.78, 5) is 26.4. The van der Waals surface area contributed by atoms with E-state index in [1.54, 1.807) is 24.3 Å². The molecule has 1 heterocycles. The number of nitrogens with one attached hydrogen (secondary N) is 1. The van der Waals surface area contributed by atoms with Crippen molar-refractivity contribution in [1.82, 2.24) is 0 Å². The van der Waals surface area contributed by atoms with E-state index in [1.807, 2.05) is 30.3 Å². The number of primary amides is 1. The topological polar surface area (TPSA) is 75.4 Å². The smallest absolute Gasteiger partial charge is 0.372 e. The molecule has 0 saturated carbocycles. The van der Waals surface area contributed by atoms with Gasteiger partial charge < -0.3 is 16.0 Å². The maximum absolute atomic E-state index is 13.0. The highest BCUT2D eigenvalue weighted by Gasteiger charge is 2.30. The molecule has 0 spiro atoms. The van der Waals surface area contributed by atoms with Gasteiger partial charge in [-0.2, -0.15) is 13.2 Å². The zero-order chi connectivity index (χ0) is 30.8. The Morgan fingerprint density at radius 3 is 2.00 bits per heavy atom. The lowest BCUT2D eigenvalue weighted by atomic mass is 9.93. The predicted molar refractivity (Wildman–Crippen MR) is 166 cm³/mol. The molecule has 0 aliphatic carbocycles. The quantitative estimate of drug-likeness (QED) is 0.230. The third kappa shape index (κ3) is 8.95. The Labute approximate surface area is 250 Å². The van der Waals surface area contributed by atoms with Gasteiger partial charge in [-0.05, 0) is 84.3 Å². The molecule has 0 radical (unpaired) electrons. The number of rotatable bonds is 7. The number of carbonyl (C=O) groups excluding carboxylic acids is 2. The van der Waals surface area contributed by atoms with Crippen molar-refractivity contribution in [1.29, 1.82) is 0 Å². The van der Waals surface area contributed by atoms with Crippen LogP contribution < -0.4 is 16.0 Å². The van der Waals surface area contributed by atoms with Gasteiger partial charge in [0.2, 0.25) is 5.91 Å². The van der Waals surface area contributed by atoms with Crippen LogP contribution in [0, 0.1) is 5.92 Å². The normalized spacial score (nSPS) is 13.5. The number of amides is 2. The maximum atomic E-state index is 13.0. The van der Waals surface area contributed by atoms with Crippen molar-refractivity contribution in [3.63, 3.8) is 0 Å². The van der Waals surface area contributed by atoms with Crippen molar-refractivity contribution in [2.45, 2.75) is 38.8 Å². The summed E-state index contributed by atoms with van der Waals surface area (Å²) >= 11 is 0. The van der Waals surface area contributed by atoms with Crippen LogP contribution in [0.25, 0.3) is 11.1 Å². The molecular formula is C35H36F3N3O2. The molecule has 5 rings (SSSR count). The number of piperidine rings is 1. The number of carbonyl (C=O) groups is 2. The highest BCUT2D eigenvalue weighted by molar-refractivity contribution is 6.08. The molecule has 224 valence electrons. The first-order valence-corrected chi connectivity index (χ1v) is 14.4. The van der Waals surface area contributed by atoms with Crippen molar-refractivity contribution in [2.75, 3.05) is 23.3 Å². The number of halogens is 3. The lowest BCUT2D eigenvalue weighted by molar-refractivity contribution is -0.137. The summed E-state index contributed by atoms with van der Waals surface area (Å²) in [6, 6.07) is 29.6. The lowest BCUT2D eigenvalue weighted by Crippen LogP contribution is -2.35. The Morgan fingerprint density at radius 1 is 0.837 bits per heavy atom. The fourth-order valence-electron chi connectivity index (χ4n) is 5.12. The van der Waals surface area contributed by atoms with Gasteiger partial charge in [-0.3, -0.25) is 9.59 Å². The van der Waals surface area contributed by atoms with Crippen LogP contribution >= 0.6 is 0 Å². The molecule has 5 nitrogen and oxygen atoms in total. The molecule has 43 heavy (non-hydrogen) atoms. The molecule has 1 aliphatic heterocycles. The number of aryl methyl sites for hydroxylation is 1. The largest absolute Gasteiger partial charge is 0.416 e. The molecule has 1 aliphatic rings. The van der Waals surface area contributed by atoms with Crippen LogP contribution in [-0.4, -0.2) is 24.9 Å². The Kier molecular flexibility index (Phi) is 10.6. The van der Waals surface area contributed by atoms with Crippen molar-refractivity contribution in [3.8, 4) is 11.1 Å². The Morgan fingerprint density at radius 2 is 1.44 bits per heavy atom. The van der Waals surface area contributed by atoms with Crippen molar-refractivity contribution >= 4 is 23.2 Å². The van der Waals surface area contributed by atoms with Gasteiger partial charge in [0, 0.05) is 36.4 Å². The van der Waals surface area contributed by atoms with Crippen molar-refractivity contribution in [2.24, 2.45) is 11.7 Å². The van der Waals surface area contributed by atoms with Crippen molar-refractivity contribution in [3.05, 3.63) is 120 Å². The van der Waals surface area contributed by atoms with E-state index in [4.69, 9.17) is 5.73 Å². The van der Waals surface area contributed by atoms with Crippen LogP contribution in [0.4, 0.5) is 24.5 Å². The van der Waals surface area contributed by atoms with Crippen LogP contribution in [0.2, 0.25) is 0 Å². The minimum absolute atomic E-state index is 0.261. The first kappa shape index (κ1) is 31.3. The first-order chi connectivity index (χ1) is 20.6. The summed E-state index contributed by atoms with van der Waals surface area (Å²) in [5.41, 5.74) is 9.07. The average Bonchev–Trinajstić information content (AvgIpc) is 3.02. The Hall–Kier alpha value is -4.59. The highest BCUT2D eigenvalue weighted by Crippen LogP contribution is 2.32. The number of hydrogen-bond donors (Lipinski definition) is 2. The molecule has 1 saturated heterocycles. The van der Waals surface area contributed by atoms with E-state index in [2.05, 4.69) is 41.4 Å². The third-order valence-corrected chi connectivity index (χ3v) is 7.54. The summed E-state index contributed by atoms with van der Waals surface area (Å²) in [7, 11) is 0. The van der Waals surface area contributed by atoms with Gasteiger partial charge in [0.05, 0.1) is 5.56 Å². The van der Waals surface area contributed by atoms with E-state index < -0.39 is 11.7 Å². The highest BCUT2D eigenvalue weighted by atomic mass is 19.4. The summed E-state index contributed by atoms with van der Waals surface area (Å²) in [5.74, 6) is -0.281. The maximum Gasteiger partial charge on any atom is 0.416 e. The summed E-state index contributed by atoms with van der Waals surface area (Å²) in [5, 5.41) is 2.87. The minimum atomic E-state index is -4.42. The van der Waals surface area contributed by atoms with E-state index in [0.717, 1.165) is 50.2 Å². The first-order valence-electron chi connectivity index (χ1n) is 14.4. The molecule has 0 bridgehead atoms. The average molecular weight is 588 g/mol. The van der Waals surface area contributed by atoms with Gasteiger partial charge in [-0.25, -0.2) is 0 Å². The van der Waals surface area contributed by atoms with Gasteiger partial charge in [-0.15, -0.1) is 0 Å². The second-order valence-electron chi connectivity index (χ2n) is 10.6. The lowest BCUT2D eigenvalue weighted by Gasteiger charge is -2.33. The van der Waals surface area contributed by atoms with E-state index in [-0.39, 0.29) is 11.8 Å². The third-order valence-electron chi connectivity index (χ3n) is 7.54. The number of alkyl halides is 3. The van der Waals surface area contributed by atoms with E-state index in [0.29, 0.717) is 34.7 Å². The molecule has 0 unspecified atom stereocenters. The van der Waals surface area contributed by atoms with Crippen molar-refractivity contribution < 1.29 is 22.8 Å². The zero-order valence-corrected chi connectivity index (χ0v) is 24.1. The number of anilines is 2. The van der Waals surface area contributed by atoms with Crippen LogP contribution in [0.5, 0.6) is 0 Å². The number of benzene rings is 4. The van der Waals surface area contributed by atoms with E-state index in [1.165, 1.54) is 17.7 Å². The zero-order valence-electron chi connectivity index (χ0n) is 24.1. The van der Waals surface area contributed by atoms with E-state index >= 15 is 0 Å². The summed E-state index contributed by atoms with van der Waals surface area (Å²) in [6.07, 6.45) is -1.04. The molecule has 0 atom stereocenters. The van der Waals surface area contributed by atoms with Crippen LogP contribution in [0.15, 0.2) is 103 Å². The van der Waals surface area contributed by atoms with Gasteiger partial charge in [0.1, 0.15) is 0 Å². The Balaban J connectivity index is 0.000000458. The van der Waals surface area contributed by atoms with Gasteiger partial charge in [0.25, 0.3) is 5.91 Å². The SMILES string of the molecule is CCc1ccccc1.NC(=O)CC1CCN(c2ccc(NC(=O)c3ccccc3-c3ccc(C(F)(F)F)cc3)cc2)CC1. The molecule has 4 aromatic rings. The molecular weight excluding hydrogens is 551 g/mol. The molecule has 8 heteroatoms. The fourth-order valence-corrected chi connectivity index (χ4v) is 5.12. The van der Waals surface area contributed by atoms with Crippen LogP contribution in [-0.2, 0) is 17.4 Å². The molecule has 4 aromatic carbocycles. The number of hydrogen-bond acceptors (Lipinski definition) is 3. The standard InChI is InChI=1S/C27H26F3N3O2.C8H10/c28-27(29,30)20-7-5-19(6-8-20)23-3-1-2-4-24(23)26(35)32-21-9-11-22(12-10-21)33-15-13-18(14-16-33)17-25(31)34;1-2-8-6-4-3-5-7-8/h1-12,18H,13-17H2,(H2,31,34)(H,32,35);3-7H,2H2,1H3. The van der Waals surface area contributed by atoms with Crippen LogP contribution in [0.3, 0.4) is 0 Å². The minimum Gasteiger partial charge on any atom is -0.372 e. The monoisotopic (exact) mass is 587 g/mol. The Bertz CT molecular complexity index is 1480. The fraction of sp³-hybridized carbons (Fsp3) is 0.257. The molecule has 1 fully saturated rings. The van der Waals surface area contributed by atoms with E-state index in [9.17, 15) is 22.8 Å². The number of nitrogens with two attached hydrogens (primary N) is 1. The van der Waals surface area contributed by atoms with Gasteiger partial charge in [-0.1, -0.05) is 67.6 Å². The second kappa shape index (κ2) is 14.5. The predicted octanol–water partition coefficient (Wildman–Crippen LogP) is 7.97. The molecule has 3 N–H and O–H groups in total. The summed E-state index contributed by atoms with van der Waals surface area (Å²) in [6.45, 7) is 3.84. The molecule has 2 amide bonds. The van der Waals surface area contributed by atoms with Gasteiger partial charge >= 0.3 is 6.18 Å². The molecule has 0 aromatic heterocycles. The second-order valence-corrected chi connectivity index (χ2v) is 10.6.